The van der Waals surface area contributed by atoms with Crippen molar-refractivity contribution in [1.82, 2.24) is 10.2 Å². The van der Waals surface area contributed by atoms with Crippen molar-refractivity contribution in [1.29, 1.82) is 0 Å². The Balaban J connectivity index is 1.94. The van der Waals surface area contributed by atoms with Crippen LogP contribution in [0.4, 0.5) is 0 Å². The van der Waals surface area contributed by atoms with Crippen LogP contribution in [0.25, 0.3) is 0 Å². The molecule has 4 heteroatoms. The van der Waals surface area contributed by atoms with Crippen molar-refractivity contribution in [2.75, 3.05) is 0 Å². The molecule has 1 saturated carbocycles. The summed E-state index contributed by atoms with van der Waals surface area (Å²) in [5, 5.41) is 7.67. The zero-order valence-corrected chi connectivity index (χ0v) is 8.38. The van der Waals surface area contributed by atoms with E-state index in [0.717, 1.165) is 18.2 Å². The van der Waals surface area contributed by atoms with Crippen molar-refractivity contribution in [3.8, 4) is 0 Å². The molecule has 1 heterocycles. The molecular weight excluding hydrogens is 220 g/mol. The zero-order chi connectivity index (χ0) is 8.39. The van der Waals surface area contributed by atoms with Gasteiger partial charge in [0.15, 0.2) is 0 Å². The molecule has 0 amide bonds. The van der Waals surface area contributed by atoms with E-state index in [1.807, 2.05) is 0 Å². The van der Waals surface area contributed by atoms with E-state index in [1.54, 1.807) is 0 Å². The minimum absolute atomic E-state index is 0.496. The summed E-state index contributed by atoms with van der Waals surface area (Å²) in [4.78, 5) is 0.496. The fourth-order valence-corrected chi connectivity index (χ4v) is 2.04. The van der Waals surface area contributed by atoms with Gasteiger partial charge >= 0.3 is 0 Å². The van der Waals surface area contributed by atoms with E-state index in [4.69, 9.17) is 4.42 Å². The predicted molar refractivity (Wildman–Crippen MR) is 47.7 cm³/mol. The van der Waals surface area contributed by atoms with Crippen molar-refractivity contribution in [2.45, 2.75) is 32.1 Å². The van der Waals surface area contributed by atoms with Gasteiger partial charge in [-0.3, -0.25) is 0 Å². The molecule has 1 aromatic heterocycles. The third-order valence-corrected chi connectivity index (χ3v) is 2.70. The maximum absolute atomic E-state index is 5.24. The second kappa shape index (κ2) is 3.56. The van der Waals surface area contributed by atoms with Crippen LogP contribution in [0, 0.1) is 5.92 Å². The third-order valence-electron chi connectivity index (χ3n) is 2.38. The minimum atomic E-state index is 0.496. The van der Waals surface area contributed by atoms with Crippen molar-refractivity contribution < 1.29 is 4.42 Å². The van der Waals surface area contributed by atoms with Gasteiger partial charge < -0.3 is 4.42 Å². The Morgan fingerprint density at radius 2 is 2.08 bits per heavy atom. The Morgan fingerprint density at radius 1 is 1.33 bits per heavy atom. The van der Waals surface area contributed by atoms with Crippen LogP contribution in [0.15, 0.2) is 9.22 Å². The van der Waals surface area contributed by atoms with Crippen molar-refractivity contribution in [3.63, 3.8) is 0 Å². The maximum Gasteiger partial charge on any atom is 0.284 e. The molecule has 1 fully saturated rings. The lowest BCUT2D eigenvalue weighted by molar-refractivity contribution is 0.419. The molecule has 12 heavy (non-hydrogen) atoms. The Bertz CT molecular complexity index is 255. The second-order valence-corrected chi connectivity index (χ2v) is 3.98. The predicted octanol–water partition coefficient (Wildman–Crippen LogP) is 2.56. The van der Waals surface area contributed by atoms with Crippen LogP contribution in [-0.2, 0) is 6.42 Å². The lowest BCUT2D eigenvalue weighted by atomic mass is 10.0. The largest absolute Gasteiger partial charge is 0.416 e. The molecule has 1 aromatic rings. The smallest absolute Gasteiger partial charge is 0.284 e. The molecule has 1 aliphatic rings. The minimum Gasteiger partial charge on any atom is -0.416 e. The topological polar surface area (TPSA) is 38.9 Å². The van der Waals surface area contributed by atoms with E-state index in [9.17, 15) is 0 Å². The van der Waals surface area contributed by atoms with E-state index in [2.05, 4.69) is 26.1 Å². The summed E-state index contributed by atoms with van der Waals surface area (Å²) in [7, 11) is 0. The zero-order valence-electron chi connectivity index (χ0n) is 6.79. The number of nitrogens with zero attached hydrogens (tertiary/aromatic N) is 2. The first-order valence-electron chi connectivity index (χ1n) is 4.32. The van der Waals surface area contributed by atoms with Crippen LogP contribution >= 0.6 is 15.9 Å². The summed E-state index contributed by atoms with van der Waals surface area (Å²) >= 11 is 3.14. The van der Waals surface area contributed by atoms with Crippen LogP contribution in [0.5, 0.6) is 0 Å². The summed E-state index contributed by atoms with van der Waals surface area (Å²) in [5.74, 6) is 1.55. The van der Waals surface area contributed by atoms with E-state index < -0.39 is 0 Å². The fraction of sp³-hybridized carbons (Fsp3) is 0.750. The maximum atomic E-state index is 5.24. The molecule has 2 rings (SSSR count). The molecule has 0 aromatic carbocycles. The number of halogens is 1. The van der Waals surface area contributed by atoms with Gasteiger partial charge in [0, 0.05) is 22.4 Å². The molecular formula is C8H11BrN2O. The molecule has 0 aliphatic heterocycles. The Morgan fingerprint density at radius 3 is 2.67 bits per heavy atom. The first-order chi connectivity index (χ1) is 5.84. The Kier molecular flexibility index (Phi) is 2.44. The van der Waals surface area contributed by atoms with Crippen molar-refractivity contribution in [3.05, 3.63) is 10.7 Å². The van der Waals surface area contributed by atoms with Crippen LogP contribution in [0.3, 0.4) is 0 Å². The summed E-state index contributed by atoms with van der Waals surface area (Å²) < 4.78 is 5.24. The summed E-state index contributed by atoms with van der Waals surface area (Å²) in [6.45, 7) is 0. The molecule has 0 unspecified atom stereocenters. The molecule has 0 atom stereocenters. The monoisotopic (exact) mass is 230 g/mol. The van der Waals surface area contributed by atoms with Gasteiger partial charge in [-0.1, -0.05) is 12.8 Å². The van der Waals surface area contributed by atoms with E-state index in [1.165, 1.54) is 25.7 Å². The molecule has 0 N–H and O–H groups in total. The highest BCUT2D eigenvalue weighted by Crippen LogP contribution is 2.27. The standard InChI is InChI=1S/C8H11BrN2O/c9-8-11-10-7(12-8)5-6-3-1-2-4-6/h6H,1-5H2. The van der Waals surface area contributed by atoms with Gasteiger partial charge in [-0.15, -0.1) is 10.2 Å². The van der Waals surface area contributed by atoms with Gasteiger partial charge in [-0.2, -0.15) is 0 Å². The van der Waals surface area contributed by atoms with Gasteiger partial charge in [0.1, 0.15) is 0 Å². The highest BCUT2D eigenvalue weighted by molar-refractivity contribution is 9.10. The van der Waals surface area contributed by atoms with Crippen LogP contribution < -0.4 is 0 Å². The summed E-state index contributed by atoms with van der Waals surface area (Å²) in [6.07, 6.45) is 6.32. The van der Waals surface area contributed by atoms with E-state index >= 15 is 0 Å². The Hall–Kier alpha value is -0.380. The van der Waals surface area contributed by atoms with Crippen molar-refractivity contribution >= 4 is 15.9 Å². The molecule has 66 valence electrons. The van der Waals surface area contributed by atoms with Crippen molar-refractivity contribution in [2.24, 2.45) is 5.92 Å². The number of hydrogen-bond donors (Lipinski definition) is 0. The first-order valence-corrected chi connectivity index (χ1v) is 5.12. The Labute approximate surface area is 79.7 Å². The van der Waals surface area contributed by atoms with Gasteiger partial charge in [-0.25, -0.2) is 0 Å². The van der Waals surface area contributed by atoms with Crippen LogP contribution in [0.2, 0.25) is 0 Å². The third kappa shape index (κ3) is 1.86. The SMILES string of the molecule is Brc1nnc(CC2CCCC2)o1. The number of hydrogen-bond acceptors (Lipinski definition) is 3. The highest BCUT2D eigenvalue weighted by atomic mass is 79.9. The highest BCUT2D eigenvalue weighted by Gasteiger charge is 2.18. The molecule has 1 aliphatic carbocycles. The fourth-order valence-electron chi connectivity index (χ4n) is 1.78. The van der Waals surface area contributed by atoms with E-state index in [0.29, 0.717) is 4.80 Å². The summed E-state index contributed by atoms with van der Waals surface area (Å²) in [6, 6.07) is 0. The van der Waals surface area contributed by atoms with Gasteiger partial charge in [0.05, 0.1) is 0 Å². The van der Waals surface area contributed by atoms with Gasteiger partial charge in [0.2, 0.25) is 5.89 Å². The molecule has 0 saturated heterocycles. The summed E-state index contributed by atoms with van der Waals surface area (Å²) in [5.41, 5.74) is 0. The van der Waals surface area contributed by atoms with Crippen LogP contribution in [0.1, 0.15) is 31.6 Å². The molecule has 3 nitrogen and oxygen atoms in total. The lowest BCUT2D eigenvalue weighted by Gasteiger charge is -2.02. The normalized spacial score (nSPS) is 18.8. The molecule has 0 bridgehead atoms. The lowest BCUT2D eigenvalue weighted by Crippen LogP contribution is -1.98. The number of rotatable bonds is 2. The van der Waals surface area contributed by atoms with Gasteiger partial charge in [-0.05, 0) is 18.8 Å². The van der Waals surface area contributed by atoms with E-state index in [-0.39, 0.29) is 0 Å². The first kappa shape index (κ1) is 8.23. The van der Waals surface area contributed by atoms with Gasteiger partial charge in [0.25, 0.3) is 4.80 Å². The number of aromatic nitrogens is 2. The average Bonchev–Trinajstić information content (AvgIpc) is 2.63. The quantitative estimate of drug-likeness (QED) is 0.785. The molecule has 0 spiro atoms. The second-order valence-electron chi connectivity index (χ2n) is 3.30. The van der Waals surface area contributed by atoms with Crippen LogP contribution in [-0.4, -0.2) is 10.2 Å². The average molecular weight is 231 g/mol. The molecule has 0 radical (unpaired) electrons.